The fourth-order valence-electron chi connectivity index (χ4n) is 1.83. The molecule has 0 bridgehead atoms. The smallest absolute Gasteiger partial charge is 0.173 e. The molecule has 106 valence electrons. The van der Waals surface area contributed by atoms with Gasteiger partial charge in [-0.15, -0.1) is 0 Å². The van der Waals surface area contributed by atoms with Crippen LogP contribution in [0.2, 0.25) is 5.02 Å². The Hall–Kier alpha value is -1.17. The number of halogens is 4. The van der Waals surface area contributed by atoms with E-state index in [1.165, 1.54) is 13.2 Å². The van der Waals surface area contributed by atoms with E-state index in [-0.39, 0.29) is 4.47 Å². The predicted molar refractivity (Wildman–Crippen MR) is 78.1 cm³/mol. The molecule has 2 nitrogen and oxygen atoms in total. The van der Waals surface area contributed by atoms with E-state index >= 15 is 0 Å². The lowest BCUT2D eigenvalue weighted by molar-refractivity contribution is 0.414. The van der Waals surface area contributed by atoms with Gasteiger partial charge in [-0.25, -0.2) is 8.78 Å². The fraction of sp³-hybridized carbons (Fsp3) is 0.143. The first-order valence-electron chi connectivity index (χ1n) is 5.68. The zero-order valence-corrected chi connectivity index (χ0v) is 12.8. The van der Waals surface area contributed by atoms with Crippen molar-refractivity contribution in [3.05, 3.63) is 62.6 Å². The van der Waals surface area contributed by atoms with Crippen LogP contribution in [0, 0.1) is 11.6 Å². The van der Waals surface area contributed by atoms with Crippen molar-refractivity contribution in [3.63, 3.8) is 0 Å². The maximum Gasteiger partial charge on any atom is 0.173 e. The van der Waals surface area contributed by atoms with Crippen LogP contribution in [0.1, 0.15) is 17.2 Å². The van der Waals surface area contributed by atoms with Crippen LogP contribution in [0.5, 0.6) is 5.75 Å². The van der Waals surface area contributed by atoms with E-state index in [0.29, 0.717) is 21.9 Å². The van der Waals surface area contributed by atoms with Crippen molar-refractivity contribution in [1.82, 2.24) is 0 Å². The van der Waals surface area contributed by atoms with Crippen LogP contribution in [0.4, 0.5) is 8.78 Å². The summed E-state index contributed by atoms with van der Waals surface area (Å²) >= 11 is 8.97. The van der Waals surface area contributed by atoms with E-state index in [1.807, 2.05) is 0 Å². The summed E-state index contributed by atoms with van der Waals surface area (Å²) in [6.45, 7) is 0. The molecule has 1 unspecified atom stereocenters. The summed E-state index contributed by atoms with van der Waals surface area (Å²) in [5.74, 6) is -1.42. The summed E-state index contributed by atoms with van der Waals surface area (Å²) in [6, 6.07) is 6.87. The normalized spacial score (nSPS) is 12.3. The molecular weight excluding hydrogens is 352 g/mol. The minimum Gasteiger partial charge on any atom is -0.495 e. The van der Waals surface area contributed by atoms with Gasteiger partial charge in [-0.2, -0.15) is 0 Å². The van der Waals surface area contributed by atoms with Crippen LogP contribution >= 0.6 is 27.5 Å². The monoisotopic (exact) mass is 361 g/mol. The summed E-state index contributed by atoms with van der Waals surface area (Å²) in [5.41, 5.74) is 7.21. The van der Waals surface area contributed by atoms with Crippen molar-refractivity contribution >= 4 is 27.5 Å². The van der Waals surface area contributed by atoms with E-state index in [4.69, 9.17) is 22.1 Å². The van der Waals surface area contributed by atoms with Gasteiger partial charge < -0.3 is 10.5 Å². The molecule has 0 spiro atoms. The highest BCUT2D eigenvalue weighted by Gasteiger charge is 2.18. The Balaban J connectivity index is 2.46. The van der Waals surface area contributed by atoms with E-state index in [2.05, 4.69) is 15.9 Å². The van der Waals surface area contributed by atoms with Gasteiger partial charge >= 0.3 is 0 Å². The molecule has 6 heteroatoms. The second-order valence-electron chi connectivity index (χ2n) is 4.14. The minimum absolute atomic E-state index is 0.0129. The summed E-state index contributed by atoms with van der Waals surface area (Å²) in [5, 5.41) is 0.452. The largest absolute Gasteiger partial charge is 0.495 e. The van der Waals surface area contributed by atoms with Gasteiger partial charge in [0.25, 0.3) is 0 Å². The van der Waals surface area contributed by atoms with E-state index in [9.17, 15) is 8.78 Å². The summed E-state index contributed by atoms with van der Waals surface area (Å²) in [4.78, 5) is 0. The Labute approximate surface area is 128 Å². The first kappa shape index (κ1) is 15.2. The number of ether oxygens (including phenoxy) is 1. The zero-order valence-electron chi connectivity index (χ0n) is 10.5. The highest BCUT2D eigenvalue weighted by atomic mass is 79.9. The molecule has 2 rings (SSSR count). The third kappa shape index (κ3) is 2.80. The molecular formula is C14H11BrClF2NO. The van der Waals surface area contributed by atoms with Crippen LogP contribution < -0.4 is 10.5 Å². The van der Waals surface area contributed by atoms with E-state index in [1.54, 1.807) is 18.2 Å². The van der Waals surface area contributed by atoms with E-state index in [0.717, 1.165) is 6.07 Å². The standard InChI is InChI=1S/C14H11BrClF2NO/c1-20-11-6-7(2-4-9(11)16)14(19)8-3-5-10(17)13(18)12(8)15/h2-6,14H,19H2,1H3. The number of hydrogen-bond acceptors (Lipinski definition) is 2. The van der Waals surface area contributed by atoms with Gasteiger partial charge in [-0.05, 0) is 45.3 Å². The van der Waals surface area contributed by atoms with Crippen molar-refractivity contribution in [2.75, 3.05) is 7.11 Å². The highest BCUT2D eigenvalue weighted by molar-refractivity contribution is 9.10. The third-order valence-electron chi connectivity index (χ3n) is 2.93. The first-order valence-corrected chi connectivity index (χ1v) is 6.85. The van der Waals surface area contributed by atoms with Crippen LogP contribution in [0.15, 0.2) is 34.8 Å². The van der Waals surface area contributed by atoms with Gasteiger partial charge in [0, 0.05) is 0 Å². The molecule has 0 heterocycles. The number of hydrogen-bond donors (Lipinski definition) is 1. The molecule has 0 amide bonds. The van der Waals surface area contributed by atoms with Crippen molar-refractivity contribution in [3.8, 4) is 5.75 Å². The molecule has 0 saturated carbocycles. The Morgan fingerprint density at radius 2 is 1.95 bits per heavy atom. The molecule has 2 aromatic rings. The lowest BCUT2D eigenvalue weighted by atomic mass is 9.99. The number of nitrogens with two attached hydrogens (primary N) is 1. The molecule has 0 fully saturated rings. The first-order chi connectivity index (χ1) is 9.45. The molecule has 2 N–H and O–H groups in total. The Morgan fingerprint density at radius 1 is 1.25 bits per heavy atom. The molecule has 0 aromatic heterocycles. The summed E-state index contributed by atoms with van der Waals surface area (Å²) in [7, 11) is 1.49. The third-order valence-corrected chi connectivity index (χ3v) is 4.05. The lowest BCUT2D eigenvalue weighted by Crippen LogP contribution is -2.13. The molecule has 0 saturated heterocycles. The van der Waals surface area contributed by atoms with Crippen LogP contribution in [-0.2, 0) is 0 Å². The van der Waals surface area contributed by atoms with Gasteiger partial charge in [0.1, 0.15) is 5.75 Å². The molecule has 0 aliphatic rings. The molecule has 0 aliphatic carbocycles. The van der Waals surface area contributed by atoms with Gasteiger partial charge in [-0.1, -0.05) is 23.7 Å². The number of methoxy groups -OCH3 is 1. The lowest BCUT2D eigenvalue weighted by Gasteiger charge is -2.16. The topological polar surface area (TPSA) is 35.2 Å². The quantitative estimate of drug-likeness (QED) is 0.820. The molecule has 1 atom stereocenters. The second kappa shape index (κ2) is 6.08. The number of benzene rings is 2. The average Bonchev–Trinajstić information content (AvgIpc) is 2.45. The Bertz CT molecular complexity index is 651. The molecule has 20 heavy (non-hydrogen) atoms. The average molecular weight is 363 g/mol. The van der Waals surface area contributed by atoms with Crippen molar-refractivity contribution in [1.29, 1.82) is 0 Å². The maximum absolute atomic E-state index is 13.6. The van der Waals surface area contributed by atoms with E-state index < -0.39 is 17.7 Å². The van der Waals surface area contributed by atoms with Gasteiger partial charge in [0.2, 0.25) is 0 Å². The Morgan fingerprint density at radius 3 is 2.60 bits per heavy atom. The fourth-order valence-corrected chi connectivity index (χ4v) is 2.59. The Kier molecular flexibility index (Phi) is 4.62. The van der Waals surface area contributed by atoms with Crippen LogP contribution in [0.3, 0.4) is 0 Å². The number of rotatable bonds is 3. The van der Waals surface area contributed by atoms with Crippen molar-refractivity contribution < 1.29 is 13.5 Å². The molecule has 2 aromatic carbocycles. The highest BCUT2D eigenvalue weighted by Crippen LogP contribution is 2.33. The maximum atomic E-state index is 13.6. The molecule has 0 aliphatic heterocycles. The van der Waals surface area contributed by atoms with Crippen LogP contribution in [0.25, 0.3) is 0 Å². The minimum atomic E-state index is -0.959. The second-order valence-corrected chi connectivity index (χ2v) is 5.34. The van der Waals surface area contributed by atoms with Crippen LogP contribution in [-0.4, -0.2) is 7.11 Å². The predicted octanol–water partition coefficient (Wildman–Crippen LogP) is 4.44. The van der Waals surface area contributed by atoms with Gasteiger partial charge in [-0.3, -0.25) is 0 Å². The SMILES string of the molecule is COc1cc(C(N)c2ccc(F)c(F)c2Br)ccc1Cl. The van der Waals surface area contributed by atoms with Gasteiger partial charge in [0.15, 0.2) is 11.6 Å². The van der Waals surface area contributed by atoms with Crippen molar-refractivity contribution in [2.24, 2.45) is 5.73 Å². The van der Waals surface area contributed by atoms with Crippen molar-refractivity contribution in [2.45, 2.75) is 6.04 Å². The van der Waals surface area contributed by atoms with Gasteiger partial charge in [0.05, 0.1) is 22.6 Å². The summed E-state index contributed by atoms with van der Waals surface area (Å²) < 4.78 is 31.8. The molecule has 0 radical (unpaired) electrons. The summed E-state index contributed by atoms with van der Waals surface area (Å²) in [6.07, 6.45) is 0. The zero-order chi connectivity index (χ0) is 14.9.